The number of rotatable bonds is 6. The Kier molecular flexibility index (Phi) is 5.96. The number of carbonyl (C=O) groups excluding carboxylic acids is 3. The summed E-state index contributed by atoms with van der Waals surface area (Å²) in [6, 6.07) is 0. The summed E-state index contributed by atoms with van der Waals surface area (Å²) in [4.78, 5) is 43.4. The molecule has 126 valence electrons. The van der Waals surface area contributed by atoms with Crippen molar-refractivity contribution >= 4 is 40.5 Å². The lowest BCUT2D eigenvalue weighted by Crippen LogP contribution is -2.18. The van der Waals surface area contributed by atoms with E-state index in [1.54, 1.807) is 12.3 Å². The van der Waals surface area contributed by atoms with Gasteiger partial charge in [0.15, 0.2) is 0 Å². The molecule has 9 heteroatoms. The van der Waals surface area contributed by atoms with Crippen molar-refractivity contribution in [3.63, 3.8) is 0 Å². The molecule has 2 rings (SSSR count). The minimum Gasteiger partial charge on any atom is -0.465 e. The molecule has 2 amide bonds. The van der Waals surface area contributed by atoms with E-state index in [0.29, 0.717) is 16.3 Å². The quantitative estimate of drug-likeness (QED) is 0.773. The van der Waals surface area contributed by atoms with Crippen molar-refractivity contribution in [3.8, 4) is 0 Å². The van der Waals surface area contributed by atoms with Crippen LogP contribution in [0.3, 0.4) is 0 Å². The molecule has 0 radical (unpaired) electrons. The van der Waals surface area contributed by atoms with Gasteiger partial charge in [0.05, 0.1) is 30.9 Å². The van der Waals surface area contributed by atoms with Gasteiger partial charge in [-0.2, -0.15) is 0 Å². The second-order valence-corrected chi connectivity index (χ2v) is 5.72. The highest BCUT2D eigenvalue weighted by Crippen LogP contribution is 2.28. The van der Waals surface area contributed by atoms with Crippen LogP contribution < -0.4 is 10.6 Å². The highest BCUT2D eigenvalue weighted by Gasteiger charge is 2.19. The van der Waals surface area contributed by atoms with Crippen LogP contribution in [-0.4, -0.2) is 34.9 Å². The third kappa shape index (κ3) is 4.59. The van der Waals surface area contributed by atoms with Crippen LogP contribution >= 0.6 is 11.3 Å². The van der Waals surface area contributed by atoms with E-state index < -0.39 is 5.97 Å². The van der Waals surface area contributed by atoms with Crippen molar-refractivity contribution in [1.29, 1.82) is 0 Å². The lowest BCUT2D eigenvalue weighted by Gasteiger charge is -2.07. The molecule has 0 spiro atoms. The monoisotopic (exact) mass is 348 g/mol. The van der Waals surface area contributed by atoms with E-state index in [9.17, 15) is 14.4 Å². The van der Waals surface area contributed by atoms with Crippen molar-refractivity contribution in [3.05, 3.63) is 34.5 Å². The van der Waals surface area contributed by atoms with Crippen LogP contribution in [0.1, 0.15) is 28.1 Å². The topological polar surface area (TPSA) is 110 Å². The van der Waals surface area contributed by atoms with Crippen LogP contribution in [0, 0.1) is 6.92 Å². The molecule has 0 aliphatic rings. The number of anilines is 2. The number of methoxy groups -OCH3 is 1. The number of amides is 2. The minimum atomic E-state index is -0.509. The van der Waals surface area contributed by atoms with Crippen LogP contribution in [0.4, 0.5) is 11.4 Å². The number of carbonyl (C=O) groups is 3. The van der Waals surface area contributed by atoms with Crippen molar-refractivity contribution in [2.75, 3.05) is 17.7 Å². The Morgan fingerprint density at radius 3 is 2.38 bits per heavy atom. The molecule has 2 aromatic heterocycles. The molecule has 0 aliphatic carbocycles. The summed E-state index contributed by atoms with van der Waals surface area (Å²) in [5.41, 5.74) is 1.65. The molecule has 2 aromatic rings. The number of hydrogen-bond donors (Lipinski definition) is 2. The van der Waals surface area contributed by atoms with Gasteiger partial charge in [0.2, 0.25) is 11.8 Å². The number of nitrogens with one attached hydrogen (secondary N) is 2. The zero-order chi connectivity index (χ0) is 17.5. The van der Waals surface area contributed by atoms with Gasteiger partial charge in [0.25, 0.3) is 0 Å². The van der Waals surface area contributed by atoms with E-state index in [-0.39, 0.29) is 24.7 Å². The van der Waals surface area contributed by atoms with Crippen molar-refractivity contribution in [1.82, 2.24) is 9.97 Å². The molecular weight excluding hydrogens is 332 g/mol. The van der Waals surface area contributed by atoms with Crippen molar-refractivity contribution in [2.45, 2.75) is 19.8 Å². The van der Waals surface area contributed by atoms with E-state index in [1.165, 1.54) is 37.2 Å². The Morgan fingerprint density at radius 2 is 1.75 bits per heavy atom. The van der Waals surface area contributed by atoms with E-state index in [1.807, 2.05) is 0 Å². The van der Waals surface area contributed by atoms with E-state index in [0.717, 1.165) is 5.56 Å². The van der Waals surface area contributed by atoms with Crippen molar-refractivity contribution in [2.24, 2.45) is 0 Å². The molecule has 2 heterocycles. The van der Waals surface area contributed by atoms with E-state index in [2.05, 4.69) is 25.3 Å². The van der Waals surface area contributed by atoms with Crippen LogP contribution in [0.15, 0.2) is 24.1 Å². The molecule has 0 saturated heterocycles. The number of hydrogen-bond acceptors (Lipinski definition) is 7. The number of thiophene rings is 1. The highest BCUT2D eigenvalue weighted by atomic mass is 32.1. The smallest absolute Gasteiger partial charge is 0.350 e. The maximum atomic E-state index is 12.0. The number of esters is 1. The van der Waals surface area contributed by atoms with Crippen LogP contribution in [-0.2, 0) is 14.3 Å². The number of nitrogens with zero attached hydrogens (tertiary/aromatic N) is 2. The van der Waals surface area contributed by atoms with Crippen LogP contribution in [0.5, 0.6) is 0 Å². The highest BCUT2D eigenvalue weighted by molar-refractivity contribution is 7.12. The molecule has 24 heavy (non-hydrogen) atoms. The van der Waals surface area contributed by atoms with Gasteiger partial charge in [-0.3, -0.25) is 9.59 Å². The summed E-state index contributed by atoms with van der Waals surface area (Å²) in [5.74, 6) is -1.19. The van der Waals surface area contributed by atoms with E-state index >= 15 is 0 Å². The molecular formula is C15H16N4O4S. The SMILES string of the molecule is COC(=O)c1scc(C)c1NC(=O)CCC(=O)Nc1cncnc1. The average molecular weight is 348 g/mol. The third-order valence-corrected chi connectivity index (χ3v) is 4.11. The first-order valence-electron chi connectivity index (χ1n) is 7.02. The van der Waals surface area contributed by atoms with Gasteiger partial charge in [0.1, 0.15) is 11.2 Å². The standard InChI is InChI=1S/C15H16N4O4S/c1-9-7-24-14(15(22)23-2)13(9)19-12(21)4-3-11(20)18-10-5-16-8-17-6-10/h5-8H,3-4H2,1-2H3,(H,18,20)(H,19,21). The lowest BCUT2D eigenvalue weighted by molar-refractivity contribution is -0.121. The molecule has 0 atom stereocenters. The Balaban J connectivity index is 1.89. The largest absolute Gasteiger partial charge is 0.465 e. The number of aromatic nitrogens is 2. The summed E-state index contributed by atoms with van der Waals surface area (Å²) in [6.45, 7) is 1.78. The first kappa shape index (κ1) is 17.5. The van der Waals surface area contributed by atoms with Gasteiger partial charge in [0, 0.05) is 12.8 Å². The Hall–Kier alpha value is -2.81. The van der Waals surface area contributed by atoms with Crippen LogP contribution in [0.2, 0.25) is 0 Å². The maximum Gasteiger partial charge on any atom is 0.350 e. The summed E-state index contributed by atoms with van der Waals surface area (Å²) in [5, 5.41) is 7.00. The van der Waals surface area contributed by atoms with Gasteiger partial charge in [-0.15, -0.1) is 11.3 Å². The Bertz CT molecular complexity index is 745. The van der Waals surface area contributed by atoms with Crippen LogP contribution in [0.25, 0.3) is 0 Å². The average Bonchev–Trinajstić information content (AvgIpc) is 2.94. The van der Waals surface area contributed by atoms with Gasteiger partial charge in [-0.25, -0.2) is 14.8 Å². The molecule has 8 nitrogen and oxygen atoms in total. The second-order valence-electron chi connectivity index (χ2n) is 4.84. The molecule has 0 aliphatic heterocycles. The molecule has 0 unspecified atom stereocenters. The predicted octanol–water partition coefficient (Wildman–Crippen LogP) is 1.99. The van der Waals surface area contributed by atoms with Crippen molar-refractivity contribution < 1.29 is 19.1 Å². The molecule has 0 saturated carbocycles. The number of aryl methyl sites for hydroxylation is 1. The molecule has 2 N–H and O–H groups in total. The minimum absolute atomic E-state index is 0.00251. The maximum absolute atomic E-state index is 12.0. The van der Waals surface area contributed by atoms with Gasteiger partial charge in [-0.1, -0.05) is 0 Å². The first-order chi connectivity index (χ1) is 11.5. The fourth-order valence-electron chi connectivity index (χ4n) is 1.86. The summed E-state index contributed by atoms with van der Waals surface area (Å²) in [6.07, 6.45) is 4.25. The third-order valence-electron chi connectivity index (χ3n) is 3.03. The lowest BCUT2D eigenvalue weighted by atomic mass is 10.2. The van der Waals surface area contributed by atoms with Gasteiger partial charge < -0.3 is 15.4 Å². The van der Waals surface area contributed by atoms with E-state index in [4.69, 9.17) is 0 Å². The summed E-state index contributed by atoms with van der Waals surface area (Å²) >= 11 is 1.19. The zero-order valence-electron chi connectivity index (χ0n) is 13.2. The predicted molar refractivity (Wildman–Crippen MR) is 88.9 cm³/mol. The normalized spacial score (nSPS) is 10.1. The zero-order valence-corrected chi connectivity index (χ0v) is 14.0. The fraction of sp³-hybridized carbons (Fsp3) is 0.267. The molecule has 0 bridgehead atoms. The fourth-order valence-corrected chi connectivity index (χ4v) is 2.78. The Labute approximate surface area is 142 Å². The summed E-state index contributed by atoms with van der Waals surface area (Å²) < 4.78 is 4.68. The molecule has 0 aromatic carbocycles. The molecule has 0 fully saturated rings. The summed E-state index contributed by atoms with van der Waals surface area (Å²) in [7, 11) is 1.28. The first-order valence-corrected chi connectivity index (χ1v) is 7.90. The second kappa shape index (κ2) is 8.16. The van der Waals surface area contributed by atoms with Gasteiger partial charge in [-0.05, 0) is 17.9 Å². The number of ether oxygens (including phenoxy) is 1. The Morgan fingerprint density at radius 1 is 1.12 bits per heavy atom. The van der Waals surface area contributed by atoms with Gasteiger partial charge >= 0.3 is 5.97 Å².